The molecule has 0 rings (SSSR count). The number of hydrogen-bond donors (Lipinski definition) is 4. The fraction of sp³-hybridized carbons (Fsp3) is 1.00. The first-order chi connectivity index (χ1) is 7.22. The van der Waals surface area contributed by atoms with Crippen LogP contribution in [0.3, 0.4) is 0 Å². The number of aliphatic hydroxyl groups excluding tert-OH is 3. The summed E-state index contributed by atoms with van der Waals surface area (Å²) in [5.41, 5.74) is -1.04. The van der Waals surface area contributed by atoms with Crippen molar-refractivity contribution in [1.82, 2.24) is 5.32 Å². The zero-order chi connectivity index (χ0) is 12.8. The van der Waals surface area contributed by atoms with Gasteiger partial charge in [0, 0.05) is 6.54 Å². The molecule has 5 nitrogen and oxygen atoms in total. The molecule has 4 N–H and O–H groups in total. The van der Waals surface area contributed by atoms with Gasteiger partial charge in [-0.1, -0.05) is 0 Å². The molecule has 0 amide bonds. The molecule has 0 radical (unpaired) electrons. The van der Waals surface area contributed by atoms with Gasteiger partial charge in [-0.25, -0.2) is 0 Å². The number of aliphatic hydroxyl groups is 3. The molecular weight excluding hydrogens is 210 g/mol. The molecular formula is C11H25NO4. The fourth-order valence-corrected chi connectivity index (χ4v) is 0.931. The van der Waals surface area contributed by atoms with Crippen molar-refractivity contribution in [2.45, 2.75) is 44.9 Å². The second kappa shape index (κ2) is 6.51. The van der Waals surface area contributed by atoms with Crippen LogP contribution in [0.4, 0.5) is 0 Å². The van der Waals surface area contributed by atoms with Gasteiger partial charge in [0.25, 0.3) is 0 Å². The molecule has 0 aliphatic carbocycles. The molecule has 16 heavy (non-hydrogen) atoms. The summed E-state index contributed by atoms with van der Waals surface area (Å²) in [6.45, 7) is 7.56. The Morgan fingerprint density at radius 3 is 2.00 bits per heavy atom. The van der Waals surface area contributed by atoms with Crippen LogP contribution in [0.1, 0.15) is 27.7 Å². The Labute approximate surface area is 97.4 Å². The normalized spacial score (nSPS) is 15.2. The van der Waals surface area contributed by atoms with E-state index in [1.54, 1.807) is 6.92 Å². The molecule has 5 heteroatoms. The molecule has 0 spiro atoms. The van der Waals surface area contributed by atoms with E-state index in [4.69, 9.17) is 14.9 Å². The smallest absolute Gasteiger partial charge is 0.0898 e. The van der Waals surface area contributed by atoms with E-state index in [1.165, 1.54) is 0 Å². The quantitative estimate of drug-likeness (QED) is 0.478. The van der Waals surface area contributed by atoms with Crippen LogP contribution in [0, 0.1) is 0 Å². The number of hydrogen-bond acceptors (Lipinski definition) is 5. The van der Waals surface area contributed by atoms with Crippen LogP contribution in [0.2, 0.25) is 0 Å². The van der Waals surface area contributed by atoms with Crippen molar-refractivity contribution in [3.05, 3.63) is 0 Å². The van der Waals surface area contributed by atoms with E-state index in [9.17, 15) is 5.11 Å². The van der Waals surface area contributed by atoms with Gasteiger partial charge >= 0.3 is 0 Å². The maximum Gasteiger partial charge on any atom is 0.0898 e. The maximum atomic E-state index is 9.62. The summed E-state index contributed by atoms with van der Waals surface area (Å²) in [4.78, 5) is 0. The van der Waals surface area contributed by atoms with E-state index in [-0.39, 0.29) is 32.0 Å². The van der Waals surface area contributed by atoms with E-state index in [0.717, 1.165) is 0 Å². The Bertz CT molecular complexity index is 187. The summed E-state index contributed by atoms with van der Waals surface area (Å²) >= 11 is 0. The van der Waals surface area contributed by atoms with Crippen LogP contribution >= 0.6 is 0 Å². The molecule has 0 bridgehead atoms. The average molecular weight is 235 g/mol. The third kappa shape index (κ3) is 7.14. The third-order valence-electron chi connectivity index (χ3n) is 2.17. The van der Waals surface area contributed by atoms with Crippen molar-refractivity contribution >= 4 is 0 Å². The molecule has 0 aromatic heterocycles. The second-order valence-corrected chi connectivity index (χ2v) is 5.33. The van der Waals surface area contributed by atoms with Gasteiger partial charge in [0.15, 0.2) is 0 Å². The number of ether oxygens (including phenoxy) is 1. The lowest BCUT2D eigenvalue weighted by Crippen LogP contribution is -2.52. The van der Waals surface area contributed by atoms with E-state index in [2.05, 4.69) is 5.32 Å². The topological polar surface area (TPSA) is 82.0 Å². The lowest BCUT2D eigenvalue weighted by atomic mass is 10.1. The summed E-state index contributed by atoms with van der Waals surface area (Å²) in [5.74, 6) is 0. The lowest BCUT2D eigenvalue weighted by molar-refractivity contribution is -0.0507. The van der Waals surface area contributed by atoms with Crippen molar-refractivity contribution in [2.24, 2.45) is 0 Å². The molecule has 0 aromatic carbocycles. The fourth-order valence-electron chi connectivity index (χ4n) is 0.931. The van der Waals surface area contributed by atoms with Gasteiger partial charge in [-0.15, -0.1) is 0 Å². The van der Waals surface area contributed by atoms with Crippen molar-refractivity contribution in [3.8, 4) is 0 Å². The molecule has 0 aromatic rings. The molecule has 98 valence electrons. The van der Waals surface area contributed by atoms with Crippen molar-refractivity contribution in [2.75, 3.05) is 26.4 Å². The molecule has 0 aliphatic heterocycles. The predicted octanol–water partition coefficient (Wildman–Crippen LogP) is -0.505. The molecule has 0 heterocycles. The molecule has 0 saturated carbocycles. The average Bonchev–Trinajstić information content (AvgIpc) is 2.22. The van der Waals surface area contributed by atoms with Crippen LogP contribution < -0.4 is 5.32 Å². The van der Waals surface area contributed by atoms with Crippen LogP contribution in [0.5, 0.6) is 0 Å². The van der Waals surface area contributed by atoms with Gasteiger partial charge in [-0.05, 0) is 27.7 Å². The van der Waals surface area contributed by atoms with E-state index in [0.29, 0.717) is 0 Å². The summed E-state index contributed by atoms with van der Waals surface area (Å²) in [6, 6.07) is 0. The van der Waals surface area contributed by atoms with Crippen LogP contribution in [0.15, 0.2) is 0 Å². The van der Waals surface area contributed by atoms with Crippen molar-refractivity contribution in [3.63, 3.8) is 0 Å². The highest BCUT2D eigenvalue weighted by molar-refractivity contribution is 4.82. The zero-order valence-corrected chi connectivity index (χ0v) is 10.7. The Morgan fingerprint density at radius 1 is 1.12 bits per heavy atom. The Kier molecular flexibility index (Phi) is 6.43. The van der Waals surface area contributed by atoms with Gasteiger partial charge in [-0.2, -0.15) is 0 Å². The Morgan fingerprint density at radius 2 is 1.62 bits per heavy atom. The standard InChI is InChI=1S/C11H25NO4/c1-10(2,3)16-6-9(15)5-12-11(4,7-13)8-14/h9,12-15H,5-8H2,1-4H3. The van der Waals surface area contributed by atoms with E-state index in [1.807, 2.05) is 20.8 Å². The largest absolute Gasteiger partial charge is 0.394 e. The number of β-amino-alcohol motifs (C(OH)–C–C–N with tert-alkyl or cyclic N) is 1. The highest BCUT2D eigenvalue weighted by Crippen LogP contribution is 2.07. The van der Waals surface area contributed by atoms with Gasteiger partial charge in [0.2, 0.25) is 0 Å². The minimum atomic E-state index is -0.761. The van der Waals surface area contributed by atoms with E-state index >= 15 is 0 Å². The van der Waals surface area contributed by atoms with Gasteiger partial charge in [-0.3, -0.25) is 0 Å². The third-order valence-corrected chi connectivity index (χ3v) is 2.17. The molecule has 0 aliphatic rings. The molecule has 1 unspecified atom stereocenters. The lowest BCUT2D eigenvalue weighted by Gasteiger charge is -2.28. The minimum Gasteiger partial charge on any atom is -0.394 e. The second-order valence-electron chi connectivity index (χ2n) is 5.33. The SMILES string of the molecule is CC(CO)(CO)NCC(O)COC(C)(C)C. The Balaban J connectivity index is 3.85. The Hall–Kier alpha value is -0.200. The summed E-state index contributed by atoms with van der Waals surface area (Å²) in [6.07, 6.45) is -0.656. The first-order valence-corrected chi connectivity index (χ1v) is 5.51. The van der Waals surface area contributed by atoms with Crippen molar-refractivity contribution < 1.29 is 20.1 Å². The molecule has 1 atom stereocenters. The minimum absolute atomic E-state index is 0.184. The van der Waals surface area contributed by atoms with Gasteiger partial charge in [0.1, 0.15) is 0 Å². The van der Waals surface area contributed by atoms with E-state index < -0.39 is 11.6 Å². The number of rotatable bonds is 7. The first-order valence-electron chi connectivity index (χ1n) is 5.51. The summed E-state index contributed by atoms with van der Waals surface area (Å²) in [7, 11) is 0. The summed E-state index contributed by atoms with van der Waals surface area (Å²) in [5, 5.41) is 30.6. The maximum absolute atomic E-state index is 9.62. The number of nitrogens with one attached hydrogen (secondary N) is 1. The van der Waals surface area contributed by atoms with Crippen LogP contribution in [-0.2, 0) is 4.74 Å². The first kappa shape index (κ1) is 15.8. The van der Waals surface area contributed by atoms with Gasteiger partial charge in [0.05, 0.1) is 37.1 Å². The molecule has 0 saturated heterocycles. The van der Waals surface area contributed by atoms with Crippen LogP contribution in [-0.4, -0.2) is 58.9 Å². The highest BCUT2D eigenvalue weighted by atomic mass is 16.5. The predicted molar refractivity (Wildman–Crippen MR) is 62.3 cm³/mol. The molecule has 0 fully saturated rings. The van der Waals surface area contributed by atoms with Crippen LogP contribution in [0.25, 0.3) is 0 Å². The zero-order valence-electron chi connectivity index (χ0n) is 10.7. The highest BCUT2D eigenvalue weighted by Gasteiger charge is 2.23. The summed E-state index contributed by atoms with van der Waals surface area (Å²) < 4.78 is 5.41. The van der Waals surface area contributed by atoms with Crippen molar-refractivity contribution in [1.29, 1.82) is 0 Å². The van der Waals surface area contributed by atoms with Gasteiger partial charge < -0.3 is 25.4 Å². The monoisotopic (exact) mass is 235 g/mol.